The van der Waals surface area contributed by atoms with Crippen LogP contribution in [0.25, 0.3) is 0 Å². The molecular weight excluding hydrogens is 268 g/mol. The minimum Gasteiger partial charge on any atom is -0.493 e. The van der Waals surface area contributed by atoms with E-state index in [0.717, 1.165) is 24.2 Å². The zero-order valence-electron chi connectivity index (χ0n) is 12.0. The average Bonchev–Trinajstić information content (AvgIpc) is 2.95. The number of rotatable bonds is 5. The Kier molecular flexibility index (Phi) is 3.99. The molecule has 0 bridgehead atoms. The highest BCUT2D eigenvalue weighted by molar-refractivity contribution is 5.79. The first-order valence-electron chi connectivity index (χ1n) is 7.34. The van der Waals surface area contributed by atoms with Gasteiger partial charge in [-0.3, -0.25) is 4.79 Å². The summed E-state index contributed by atoms with van der Waals surface area (Å²) in [5.74, 6) is 2.15. The molecule has 0 saturated carbocycles. The fourth-order valence-electron chi connectivity index (χ4n) is 2.63. The molecule has 5 nitrogen and oxygen atoms in total. The number of ether oxygens (including phenoxy) is 1. The molecule has 1 unspecified atom stereocenters. The Hall–Kier alpha value is -2.17. The van der Waals surface area contributed by atoms with E-state index < -0.39 is 0 Å². The van der Waals surface area contributed by atoms with E-state index in [1.165, 1.54) is 0 Å². The van der Waals surface area contributed by atoms with Gasteiger partial charge in [0, 0.05) is 12.0 Å². The SMILES string of the molecule is CCCC(=O)Cc1nc(C2CCOc3ccccc32)no1. The smallest absolute Gasteiger partial charge is 0.234 e. The van der Waals surface area contributed by atoms with E-state index in [-0.39, 0.29) is 18.1 Å². The quantitative estimate of drug-likeness (QED) is 0.845. The van der Waals surface area contributed by atoms with Crippen LogP contribution in [0.2, 0.25) is 0 Å². The molecule has 1 atom stereocenters. The van der Waals surface area contributed by atoms with Crippen molar-refractivity contribution in [1.82, 2.24) is 10.1 Å². The van der Waals surface area contributed by atoms with Gasteiger partial charge in [-0.1, -0.05) is 30.3 Å². The van der Waals surface area contributed by atoms with Crippen LogP contribution in [0.15, 0.2) is 28.8 Å². The summed E-state index contributed by atoms with van der Waals surface area (Å²) in [4.78, 5) is 16.0. The zero-order valence-corrected chi connectivity index (χ0v) is 12.0. The number of benzene rings is 1. The molecule has 1 aliphatic rings. The van der Waals surface area contributed by atoms with E-state index in [2.05, 4.69) is 10.1 Å². The highest BCUT2D eigenvalue weighted by atomic mass is 16.5. The van der Waals surface area contributed by atoms with Gasteiger partial charge in [0.05, 0.1) is 18.9 Å². The molecule has 0 N–H and O–H groups in total. The third-order valence-electron chi connectivity index (χ3n) is 3.63. The van der Waals surface area contributed by atoms with Crippen LogP contribution in [0.3, 0.4) is 0 Å². The maximum Gasteiger partial charge on any atom is 0.234 e. The molecular formula is C16H18N2O3. The molecule has 1 aromatic carbocycles. The zero-order chi connectivity index (χ0) is 14.7. The maximum atomic E-state index is 11.6. The van der Waals surface area contributed by atoms with Gasteiger partial charge in [0.25, 0.3) is 0 Å². The molecule has 2 heterocycles. The number of aromatic nitrogens is 2. The minimum atomic E-state index is 0.0775. The summed E-state index contributed by atoms with van der Waals surface area (Å²) in [6.07, 6.45) is 2.44. The second kappa shape index (κ2) is 6.08. The van der Waals surface area contributed by atoms with Crippen LogP contribution in [-0.2, 0) is 11.2 Å². The molecule has 0 aliphatic carbocycles. The van der Waals surface area contributed by atoms with Gasteiger partial charge in [-0.15, -0.1) is 0 Å². The Labute approximate surface area is 123 Å². The molecule has 0 radical (unpaired) electrons. The summed E-state index contributed by atoms with van der Waals surface area (Å²) in [6, 6.07) is 7.91. The van der Waals surface area contributed by atoms with Crippen molar-refractivity contribution < 1.29 is 14.1 Å². The third-order valence-corrected chi connectivity index (χ3v) is 3.63. The number of carbonyl (C=O) groups is 1. The van der Waals surface area contributed by atoms with Crippen molar-refractivity contribution in [2.75, 3.05) is 6.61 Å². The lowest BCUT2D eigenvalue weighted by Gasteiger charge is -2.23. The highest BCUT2D eigenvalue weighted by Gasteiger charge is 2.27. The first-order valence-corrected chi connectivity index (χ1v) is 7.34. The van der Waals surface area contributed by atoms with Gasteiger partial charge < -0.3 is 9.26 Å². The van der Waals surface area contributed by atoms with Gasteiger partial charge in [-0.05, 0) is 18.9 Å². The molecule has 5 heteroatoms. The molecule has 1 aliphatic heterocycles. The normalized spacial score (nSPS) is 17.1. The summed E-state index contributed by atoms with van der Waals surface area (Å²) in [5, 5.41) is 4.06. The Morgan fingerprint density at radius 3 is 3.10 bits per heavy atom. The van der Waals surface area contributed by atoms with Crippen LogP contribution in [0.5, 0.6) is 5.75 Å². The molecule has 1 aromatic heterocycles. The van der Waals surface area contributed by atoms with E-state index in [1.54, 1.807) is 0 Å². The first-order chi connectivity index (χ1) is 10.3. The molecule has 21 heavy (non-hydrogen) atoms. The fourth-order valence-corrected chi connectivity index (χ4v) is 2.63. The number of Topliss-reactive ketones (excluding diaryl/α,β-unsaturated/α-hetero) is 1. The number of carbonyl (C=O) groups excluding carboxylic acids is 1. The second-order valence-corrected chi connectivity index (χ2v) is 5.24. The predicted octanol–water partition coefficient (Wildman–Crippen LogP) is 2.90. The van der Waals surface area contributed by atoms with E-state index >= 15 is 0 Å². The predicted molar refractivity (Wildman–Crippen MR) is 76.3 cm³/mol. The molecule has 0 saturated heterocycles. The lowest BCUT2D eigenvalue weighted by molar-refractivity contribution is -0.118. The Morgan fingerprint density at radius 2 is 2.24 bits per heavy atom. The van der Waals surface area contributed by atoms with Gasteiger partial charge in [0.2, 0.25) is 5.89 Å². The van der Waals surface area contributed by atoms with Gasteiger partial charge >= 0.3 is 0 Å². The monoisotopic (exact) mass is 286 g/mol. The Bertz CT molecular complexity index is 636. The fraction of sp³-hybridized carbons (Fsp3) is 0.438. The number of fused-ring (bicyclic) bond motifs is 1. The second-order valence-electron chi connectivity index (χ2n) is 5.24. The summed E-state index contributed by atoms with van der Waals surface area (Å²) >= 11 is 0. The standard InChI is InChI=1S/C16H18N2O3/c1-2-5-11(19)10-15-17-16(18-21-15)13-8-9-20-14-7-4-3-6-12(13)14/h3-4,6-7,13H,2,5,8-10H2,1H3. The highest BCUT2D eigenvalue weighted by Crippen LogP contribution is 2.36. The van der Waals surface area contributed by atoms with Gasteiger partial charge in [-0.25, -0.2) is 0 Å². The van der Waals surface area contributed by atoms with Gasteiger partial charge in [-0.2, -0.15) is 4.98 Å². The van der Waals surface area contributed by atoms with Crippen molar-refractivity contribution in [3.63, 3.8) is 0 Å². The Balaban J connectivity index is 1.79. The van der Waals surface area contributed by atoms with Crippen molar-refractivity contribution >= 4 is 5.78 Å². The topological polar surface area (TPSA) is 65.2 Å². The van der Waals surface area contributed by atoms with Crippen molar-refractivity contribution in [3.05, 3.63) is 41.5 Å². The third kappa shape index (κ3) is 2.96. The summed E-state index contributed by atoms with van der Waals surface area (Å²) in [7, 11) is 0. The number of hydrogen-bond donors (Lipinski definition) is 0. The van der Waals surface area contributed by atoms with E-state index in [9.17, 15) is 4.79 Å². The van der Waals surface area contributed by atoms with Gasteiger partial charge in [0.1, 0.15) is 11.5 Å². The van der Waals surface area contributed by atoms with E-state index in [0.29, 0.717) is 24.7 Å². The molecule has 0 amide bonds. The molecule has 2 aromatic rings. The van der Waals surface area contributed by atoms with Crippen molar-refractivity contribution in [3.8, 4) is 5.75 Å². The molecule has 0 fully saturated rings. The van der Waals surface area contributed by atoms with Gasteiger partial charge in [0.15, 0.2) is 5.82 Å². The number of hydrogen-bond acceptors (Lipinski definition) is 5. The molecule has 3 rings (SSSR count). The maximum absolute atomic E-state index is 11.6. The van der Waals surface area contributed by atoms with Crippen LogP contribution < -0.4 is 4.74 Å². The van der Waals surface area contributed by atoms with Crippen LogP contribution in [0.4, 0.5) is 0 Å². The largest absolute Gasteiger partial charge is 0.493 e. The summed E-state index contributed by atoms with van der Waals surface area (Å²) in [5.41, 5.74) is 1.08. The van der Waals surface area contributed by atoms with Crippen molar-refractivity contribution in [2.24, 2.45) is 0 Å². The van der Waals surface area contributed by atoms with Crippen LogP contribution >= 0.6 is 0 Å². The lowest BCUT2D eigenvalue weighted by Crippen LogP contribution is -2.16. The van der Waals surface area contributed by atoms with Crippen LogP contribution in [0.1, 0.15) is 49.4 Å². The van der Waals surface area contributed by atoms with Crippen molar-refractivity contribution in [1.29, 1.82) is 0 Å². The van der Waals surface area contributed by atoms with E-state index in [4.69, 9.17) is 9.26 Å². The summed E-state index contributed by atoms with van der Waals surface area (Å²) in [6.45, 7) is 2.62. The molecule has 110 valence electrons. The lowest BCUT2D eigenvalue weighted by atomic mass is 9.92. The van der Waals surface area contributed by atoms with E-state index in [1.807, 2.05) is 31.2 Å². The minimum absolute atomic E-state index is 0.0775. The number of nitrogens with zero attached hydrogens (tertiary/aromatic N) is 2. The average molecular weight is 286 g/mol. The van der Waals surface area contributed by atoms with Crippen LogP contribution in [0, 0.1) is 0 Å². The van der Waals surface area contributed by atoms with Crippen molar-refractivity contribution in [2.45, 2.75) is 38.5 Å². The molecule has 0 spiro atoms. The number of para-hydroxylation sites is 1. The summed E-state index contributed by atoms with van der Waals surface area (Å²) < 4.78 is 10.9. The van der Waals surface area contributed by atoms with Crippen LogP contribution in [-0.4, -0.2) is 22.5 Å². The Morgan fingerprint density at radius 1 is 1.38 bits per heavy atom. The first kappa shape index (κ1) is 13.8. The number of ketones is 1.